The molecule has 0 aromatic heterocycles. The van der Waals surface area contributed by atoms with E-state index < -0.39 is 0 Å². The topological polar surface area (TPSA) is 9.23 Å². The third-order valence-electron chi connectivity index (χ3n) is 3.99. The zero-order chi connectivity index (χ0) is 12.6. The summed E-state index contributed by atoms with van der Waals surface area (Å²) in [6.07, 6.45) is 3.33. The van der Waals surface area contributed by atoms with Crippen molar-refractivity contribution in [1.82, 2.24) is 0 Å². The SMILES string of the molecule is Cc1cc(C)c2c(c1C)OC(C)(CCBr)CC2. The molecular formula is C15H21BrO. The Morgan fingerprint density at radius 2 is 2.00 bits per heavy atom. The number of hydrogen-bond acceptors (Lipinski definition) is 1. The Labute approximate surface area is 113 Å². The van der Waals surface area contributed by atoms with Crippen LogP contribution in [-0.2, 0) is 6.42 Å². The zero-order valence-corrected chi connectivity index (χ0v) is 12.8. The van der Waals surface area contributed by atoms with Gasteiger partial charge >= 0.3 is 0 Å². The van der Waals surface area contributed by atoms with E-state index in [-0.39, 0.29) is 5.60 Å². The van der Waals surface area contributed by atoms with Crippen LogP contribution in [0.25, 0.3) is 0 Å². The minimum atomic E-state index is 0.00148. The van der Waals surface area contributed by atoms with Gasteiger partial charge in [0.1, 0.15) is 11.4 Å². The second-order valence-corrected chi connectivity index (χ2v) is 6.23. The Balaban J connectivity index is 2.43. The number of benzene rings is 1. The van der Waals surface area contributed by atoms with E-state index >= 15 is 0 Å². The molecule has 1 nitrogen and oxygen atoms in total. The lowest BCUT2D eigenvalue weighted by Crippen LogP contribution is -2.37. The molecule has 0 saturated carbocycles. The van der Waals surface area contributed by atoms with Gasteiger partial charge in [-0.1, -0.05) is 22.0 Å². The van der Waals surface area contributed by atoms with Crippen molar-refractivity contribution in [2.24, 2.45) is 0 Å². The van der Waals surface area contributed by atoms with Crippen molar-refractivity contribution in [3.05, 3.63) is 28.3 Å². The molecule has 0 amide bonds. The van der Waals surface area contributed by atoms with Crippen molar-refractivity contribution in [3.63, 3.8) is 0 Å². The van der Waals surface area contributed by atoms with Crippen molar-refractivity contribution >= 4 is 15.9 Å². The van der Waals surface area contributed by atoms with Crippen molar-refractivity contribution in [3.8, 4) is 5.75 Å². The van der Waals surface area contributed by atoms with Gasteiger partial charge in [0, 0.05) is 5.33 Å². The highest BCUT2D eigenvalue weighted by Gasteiger charge is 2.32. The van der Waals surface area contributed by atoms with Gasteiger partial charge in [0.25, 0.3) is 0 Å². The summed E-state index contributed by atoms with van der Waals surface area (Å²) in [5, 5.41) is 1.00. The molecule has 1 aliphatic heterocycles. The maximum atomic E-state index is 6.32. The molecule has 94 valence electrons. The first-order chi connectivity index (χ1) is 7.97. The highest BCUT2D eigenvalue weighted by molar-refractivity contribution is 9.09. The molecule has 1 unspecified atom stereocenters. The number of fused-ring (bicyclic) bond motifs is 1. The summed E-state index contributed by atoms with van der Waals surface area (Å²) < 4.78 is 6.32. The van der Waals surface area contributed by atoms with Crippen molar-refractivity contribution < 1.29 is 4.74 Å². The highest BCUT2D eigenvalue weighted by Crippen LogP contribution is 2.40. The third-order valence-corrected chi connectivity index (χ3v) is 4.39. The van der Waals surface area contributed by atoms with E-state index in [0.717, 1.165) is 30.3 Å². The number of ether oxygens (including phenoxy) is 1. The summed E-state index contributed by atoms with van der Waals surface area (Å²) in [5.74, 6) is 1.15. The fraction of sp³-hybridized carbons (Fsp3) is 0.600. The molecule has 1 aromatic carbocycles. The molecule has 1 aromatic rings. The molecule has 2 heteroatoms. The van der Waals surface area contributed by atoms with E-state index in [4.69, 9.17) is 4.74 Å². The van der Waals surface area contributed by atoms with E-state index in [1.54, 1.807) is 0 Å². The maximum absolute atomic E-state index is 6.32. The first-order valence-electron chi connectivity index (χ1n) is 6.31. The fourth-order valence-electron chi connectivity index (χ4n) is 2.62. The van der Waals surface area contributed by atoms with Gasteiger partial charge in [0.2, 0.25) is 0 Å². The van der Waals surface area contributed by atoms with Crippen LogP contribution in [0.4, 0.5) is 0 Å². The van der Waals surface area contributed by atoms with Gasteiger partial charge in [-0.3, -0.25) is 0 Å². The average molecular weight is 297 g/mol. The Morgan fingerprint density at radius 3 is 2.65 bits per heavy atom. The van der Waals surface area contributed by atoms with Gasteiger partial charge < -0.3 is 4.74 Å². The number of aryl methyl sites for hydroxylation is 2. The number of rotatable bonds is 2. The van der Waals surface area contributed by atoms with Gasteiger partial charge in [0.05, 0.1) is 0 Å². The molecule has 1 aliphatic rings. The Bertz CT molecular complexity index is 439. The van der Waals surface area contributed by atoms with Crippen LogP contribution in [0.2, 0.25) is 0 Å². The van der Waals surface area contributed by atoms with Crippen LogP contribution in [0.3, 0.4) is 0 Å². The highest BCUT2D eigenvalue weighted by atomic mass is 79.9. The molecule has 0 bridgehead atoms. The first-order valence-corrected chi connectivity index (χ1v) is 7.43. The lowest BCUT2D eigenvalue weighted by atomic mass is 9.86. The van der Waals surface area contributed by atoms with Crippen LogP contribution in [0.5, 0.6) is 5.75 Å². The van der Waals surface area contributed by atoms with E-state index in [0.29, 0.717) is 0 Å². The second-order valence-electron chi connectivity index (χ2n) is 5.43. The van der Waals surface area contributed by atoms with Crippen LogP contribution in [0.1, 0.15) is 42.0 Å². The van der Waals surface area contributed by atoms with Gasteiger partial charge in [-0.05, 0) is 69.2 Å². The van der Waals surface area contributed by atoms with Crippen molar-refractivity contribution in [1.29, 1.82) is 0 Å². The van der Waals surface area contributed by atoms with Crippen LogP contribution in [0, 0.1) is 20.8 Å². The third kappa shape index (κ3) is 2.37. The molecule has 0 N–H and O–H groups in total. The van der Waals surface area contributed by atoms with Crippen LogP contribution < -0.4 is 4.74 Å². The minimum absolute atomic E-state index is 0.00148. The molecule has 1 atom stereocenters. The number of alkyl halides is 1. The molecule has 0 spiro atoms. The number of halogens is 1. The molecule has 0 fully saturated rings. The Hall–Kier alpha value is -0.500. The van der Waals surface area contributed by atoms with Crippen molar-refractivity contribution in [2.45, 2.75) is 52.6 Å². The lowest BCUT2D eigenvalue weighted by molar-refractivity contribution is 0.0615. The zero-order valence-electron chi connectivity index (χ0n) is 11.2. The minimum Gasteiger partial charge on any atom is -0.487 e. The van der Waals surface area contributed by atoms with E-state index in [2.05, 4.69) is 49.7 Å². The maximum Gasteiger partial charge on any atom is 0.126 e. The van der Waals surface area contributed by atoms with Gasteiger partial charge in [-0.25, -0.2) is 0 Å². The molecule has 0 radical (unpaired) electrons. The van der Waals surface area contributed by atoms with Crippen LogP contribution in [0.15, 0.2) is 6.07 Å². The monoisotopic (exact) mass is 296 g/mol. The molecule has 2 rings (SSSR count). The quantitative estimate of drug-likeness (QED) is 0.731. The number of hydrogen-bond donors (Lipinski definition) is 0. The second kappa shape index (κ2) is 4.64. The van der Waals surface area contributed by atoms with Crippen LogP contribution in [-0.4, -0.2) is 10.9 Å². The Kier molecular flexibility index (Phi) is 3.53. The van der Waals surface area contributed by atoms with E-state index in [1.807, 2.05) is 0 Å². The van der Waals surface area contributed by atoms with Gasteiger partial charge in [-0.15, -0.1) is 0 Å². The smallest absolute Gasteiger partial charge is 0.126 e. The summed E-state index contributed by atoms with van der Waals surface area (Å²) in [5.41, 5.74) is 5.45. The fourth-order valence-corrected chi connectivity index (χ4v) is 3.45. The summed E-state index contributed by atoms with van der Waals surface area (Å²) >= 11 is 3.53. The van der Waals surface area contributed by atoms with E-state index in [9.17, 15) is 0 Å². The van der Waals surface area contributed by atoms with Crippen LogP contribution >= 0.6 is 15.9 Å². The first kappa shape index (κ1) is 12.9. The largest absolute Gasteiger partial charge is 0.487 e. The van der Waals surface area contributed by atoms with Crippen molar-refractivity contribution in [2.75, 3.05) is 5.33 Å². The standard InChI is InChI=1S/C15H21BrO/c1-10-9-11(2)13-5-6-15(4,7-8-16)17-14(13)12(10)3/h9H,5-8H2,1-4H3. The summed E-state index contributed by atoms with van der Waals surface area (Å²) in [6.45, 7) is 8.77. The Morgan fingerprint density at radius 1 is 1.29 bits per heavy atom. The summed E-state index contributed by atoms with van der Waals surface area (Å²) in [4.78, 5) is 0. The molecule has 0 aliphatic carbocycles. The predicted octanol–water partition coefficient (Wildman–Crippen LogP) is 4.48. The molecule has 1 heterocycles. The van der Waals surface area contributed by atoms with Gasteiger partial charge in [-0.2, -0.15) is 0 Å². The molecule has 0 saturated heterocycles. The summed E-state index contributed by atoms with van der Waals surface area (Å²) in [6, 6.07) is 2.28. The lowest BCUT2D eigenvalue weighted by Gasteiger charge is -2.37. The predicted molar refractivity (Wildman–Crippen MR) is 76.4 cm³/mol. The average Bonchev–Trinajstić information content (AvgIpc) is 2.26. The van der Waals surface area contributed by atoms with Gasteiger partial charge in [0.15, 0.2) is 0 Å². The summed E-state index contributed by atoms with van der Waals surface area (Å²) in [7, 11) is 0. The normalized spacial score (nSPS) is 23.1. The molecule has 17 heavy (non-hydrogen) atoms. The molecular weight excluding hydrogens is 276 g/mol. The van der Waals surface area contributed by atoms with E-state index in [1.165, 1.54) is 22.3 Å².